The summed E-state index contributed by atoms with van der Waals surface area (Å²) in [7, 11) is -4.67. The standard InChI is InChI=1S/Ca.Mg.H2O4S.Zn.4H/c;;1-5(2,3)4;;;;;/h;;(H2,1,2,3,4);;;;;/q2*+2;;;4*-1. The van der Waals surface area contributed by atoms with E-state index in [1.54, 1.807) is 0 Å². The quantitative estimate of drug-likeness (QED) is 0.416. The summed E-state index contributed by atoms with van der Waals surface area (Å²) in [5.41, 5.74) is 0. The molecule has 0 saturated heterocycles. The number of rotatable bonds is 0. The molecule has 8 heteroatoms. The SMILES string of the molecule is O=S(=O)(O)O.[Ca+2].[H-].[H-].[H-].[H-].[Mg+2].[Zn]. The molecule has 0 saturated carbocycles. The van der Waals surface area contributed by atoms with Gasteiger partial charge in [-0.25, -0.2) is 0 Å². The first-order valence-corrected chi connectivity index (χ1v) is 2.10. The largest absolute Gasteiger partial charge is 2.00 e. The van der Waals surface area contributed by atoms with Crippen LogP contribution >= 0.6 is 0 Å². The Labute approximate surface area is 112 Å². The van der Waals surface area contributed by atoms with E-state index < -0.39 is 10.4 Å². The van der Waals surface area contributed by atoms with Crippen LogP contribution in [0, 0.1) is 0 Å². The summed E-state index contributed by atoms with van der Waals surface area (Å²) in [5.74, 6) is 0. The van der Waals surface area contributed by atoms with Gasteiger partial charge >= 0.3 is 71.2 Å². The Bertz CT molecular complexity index is 110. The normalized spacial score (nSPS) is 7.25. The Kier molecular flexibility index (Phi) is 26.7. The first-order chi connectivity index (χ1) is 2.00. The minimum atomic E-state index is -4.67. The van der Waals surface area contributed by atoms with Gasteiger partial charge in [0.2, 0.25) is 0 Å². The zero-order chi connectivity index (χ0) is 4.50. The Balaban J connectivity index is -0.00000000381. The number of hydrogen-bond acceptors (Lipinski definition) is 2. The van der Waals surface area contributed by atoms with Crippen molar-refractivity contribution in [3.05, 3.63) is 0 Å². The topological polar surface area (TPSA) is 74.6 Å². The molecule has 8 heavy (non-hydrogen) atoms. The van der Waals surface area contributed by atoms with Crippen LogP contribution in [0.2, 0.25) is 0 Å². The van der Waals surface area contributed by atoms with Crippen molar-refractivity contribution >= 4 is 71.2 Å². The van der Waals surface area contributed by atoms with Gasteiger partial charge in [-0.3, -0.25) is 9.11 Å². The summed E-state index contributed by atoms with van der Waals surface area (Å²) < 4.78 is 31.6. The molecule has 0 aromatic heterocycles. The van der Waals surface area contributed by atoms with Crippen molar-refractivity contribution in [3.8, 4) is 0 Å². The average Bonchev–Trinajstić information content (AvgIpc) is 0.722. The van der Waals surface area contributed by atoms with Crippen LogP contribution in [0.5, 0.6) is 0 Å². The summed E-state index contributed by atoms with van der Waals surface area (Å²) in [5, 5.41) is 0. The zero-order valence-electron chi connectivity index (χ0n) is 8.24. The first-order valence-electron chi connectivity index (χ1n) is 0.698. The molecule has 0 atom stereocenters. The van der Waals surface area contributed by atoms with E-state index in [-0.39, 0.29) is 86.0 Å². The maximum absolute atomic E-state index is 8.74. The van der Waals surface area contributed by atoms with Crippen molar-refractivity contribution in [2.24, 2.45) is 0 Å². The predicted octanol–water partition coefficient (Wildman–Crippen LogP) is -0.967. The van der Waals surface area contributed by atoms with E-state index in [9.17, 15) is 0 Å². The van der Waals surface area contributed by atoms with E-state index in [4.69, 9.17) is 17.5 Å². The van der Waals surface area contributed by atoms with Crippen LogP contribution in [0.1, 0.15) is 5.71 Å². The molecule has 2 N–H and O–H groups in total. The fourth-order valence-electron chi connectivity index (χ4n) is 0. The van der Waals surface area contributed by atoms with Gasteiger partial charge in [-0.1, -0.05) is 0 Å². The molecule has 0 aliphatic carbocycles. The van der Waals surface area contributed by atoms with Gasteiger partial charge in [-0.05, 0) is 0 Å². The molecule has 0 aromatic carbocycles. The van der Waals surface area contributed by atoms with Crippen molar-refractivity contribution < 1.29 is 42.7 Å². The third-order valence-corrected chi connectivity index (χ3v) is 0. The van der Waals surface area contributed by atoms with Crippen LogP contribution in [-0.4, -0.2) is 78.3 Å². The molecular weight excluding hydrogens is 226 g/mol. The second-order valence-corrected chi connectivity index (χ2v) is 1.34. The van der Waals surface area contributed by atoms with Crippen molar-refractivity contribution in [1.82, 2.24) is 0 Å². The minimum Gasteiger partial charge on any atom is -1.00 e. The van der Waals surface area contributed by atoms with E-state index in [1.807, 2.05) is 0 Å². The molecule has 0 unspecified atom stereocenters. The third-order valence-electron chi connectivity index (χ3n) is 0. The van der Waals surface area contributed by atoms with Gasteiger partial charge in [0.25, 0.3) is 0 Å². The van der Waals surface area contributed by atoms with Gasteiger partial charge in [0.1, 0.15) is 0 Å². The molecular formula is H6CaMgO4SZn. The average molecular weight is 232 g/mol. The fraction of sp³-hybridized carbons (Fsp3) is 0. The Morgan fingerprint density at radius 2 is 1.25 bits per heavy atom. The van der Waals surface area contributed by atoms with Gasteiger partial charge in [0.05, 0.1) is 0 Å². The molecule has 0 bridgehead atoms. The molecule has 0 spiro atoms. The number of hydrogen-bond donors (Lipinski definition) is 2. The summed E-state index contributed by atoms with van der Waals surface area (Å²) >= 11 is 0. The van der Waals surface area contributed by atoms with E-state index in [1.165, 1.54) is 0 Å². The van der Waals surface area contributed by atoms with Gasteiger partial charge in [-0.15, -0.1) is 0 Å². The van der Waals surface area contributed by atoms with Crippen LogP contribution in [0.25, 0.3) is 0 Å². The van der Waals surface area contributed by atoms with E-state index in [2.05, 4.69) is 0 Å². The van der Waals surface area contributed by atoms with E-state index in [0.29, 0.717) is 0 Å². The van der Waals surface area contributed by atoms with Crippen molar-refractivity contribution in [2.75, 3.05) is 0 Å². The van der Waals surface area contributed by atoms with Gasteiger partial charge in [-0.2, -0.15) is 8.42 Å². The van der Waals surface area contributed by atoms with Crippen LogP contribution in [0.4, 0.5) is 0 Å². The monoisotopic (exact) mass is 230 g/mol. The molecule has 0 rings (SSSR count). The predicted molar refractivity (Wildman–Crippen MR) is 30.1 cm³/mol. The van der Waals surface area contributed by atoms with Gasteiger partial charge < -0.3 is 5.71 Å². The van der Waals surface area contributed by atoms with E-state index >= 15 is 0 Å². The maximum Gasteiger partial charge on any atom is 2.00 e. The summed E-state index contributed by atoms with van der Waals surface area (Å²) in [6.07, 6.45) is 0. The Morgan fingerprint density at radius 1 is 1.25 bits per heavy atom. The molecule has 0 aliphatic heterocycles. The molecule has 0 aromatic rings. The summed E-state index contributed by atoms with van der Waals surface area (Å²) in [6.45, 7) is 0. The minimum absolute atomic E-state index is 0. The fourth-order valence-corrected chi connectivity index (χ4v) is 0. The van der Waals surface area contributed by atoms with Crippen molar-refractivity contribution in [3.63, 3.8) is 0 Å². The van der Waals surface area contributed by atoms with Gasteiger partial charge in [0, 0.05) is 19.5 Å². The molecule has 0 fully saturated rings. The van der Waals surface area contributed by atoms with Crippen molar-refractivity contribution in [2.45, 2.75) is 0 Å². The molecule has 0 amide bonds. The van der Waals surface area contributed by atoms with Crippen LogP contribution in [0.15, 0.2) is 0 Å². The summed E-state index contributed by atoms with van der Waals surface area (Å²) in [6, 6.07) is 0. The van der Waals surface area contributed by atoms with Crippen LogP contribution < -0.4 is 0 Å². The second-order valence-electron chi connectivity index (χ2n) is 0.448. The van der Waals surface area contributed by atoms with E-state index in [0.717, 1.165) is 0 Å². The zero-order valence-corrected chi connectivity index (χ0v) is 11.6. The van der Waals surface area contributed by atoms with Crippen LogP contribution in [0.3, 0.4) is 0 Å². The van der Waals surface area contributed by atoms with Gasteiger partial charge in [0.15, 0.2) is 0 Å². The van der Waals surface area contributed by atoms with Crippen molar-refractivity contribution in [1.29, 1.82) is 0 Å². The first kappa shape index (κ1) is 22.4. The molecule has 0 radical (unpaired) electrons. The Morgan fingerprint density at radius 3 is 1.25 bits per heavy atom. The molecule has 4 nitrogen and oxygen atoms in total. The van der Waals surface area contributed by atoms with Crippen LogP contribution in [-0.2, 0) is 29.9 Å². The third kappa shape index (κ3) is 75.9. The Hall–Kier alpha value is 2.52. The second kappa shape index (κ2) is 9.52. The summed E-state index contributed by atoms with van der Waals surface area (Å²) in [4.78, 5) is 0. The maximum atomic E-state index is 8.74. The molecule has 42 valence electrons. The molecule has 0 aliphatic rings. The molecule has 0 heterocycles. The smallest absolute Gasteiger partial charge is 1.00 e.